The normalized spacial score (nSPS) is 77.9. The third-order valence-electron chi connectivity index (χ3n) is 6.48. The maximum atomic E-state index is 12.0. The van der Waals surface area contributed by atoms with Crippen molar-refractivity contribution in [1.82, 2.24) is 0 Å². The minimum Gasteiger partial charge on any atom is -0.468 e. The third kappa shape index (κ3) is 0.300. The van der Waals surface area contributed by atoms with Gasteiger partial charge in [-0.05, 0) is 30.1 Å². The van der Waals surface area contributed by atoms with Gasteiger partial charge in [0.25, 0.3) is 0 Å². The first-order chi connectivity index (χ1) is 6.70. The summed E-state index contributed by atoms with van der Waals surface area (Å²) in [6.07, 6.45) is 1.40. The van der Waals surface area contributed by atoms with Crippen molar-refractivity contribution in [2.75, 3.05) is 7.11 Å². The molecule has 2 bridgehead atoms. The second-order valence-corrected chi connectivity index (χ2v) is 6.07. The molecule has 0 aromatic rings. The highest BCUT2D eigenvalue weighted by Crippen LogP contribution is 3.00. The van der Waals surface area contributed by atoms with E-state index in [1.54, 1.807) is 0 Å². The van der Waals surface area contributed by atoms with E-state index in [4.69, 9.17) is 4.74 Å². The summed E-state index contributed by atoms with van der Waals surface area (Å²) in [5.74, 6) is 4.76. The third-order valence-corrected chi connectivity index (χ3v) is 6.48. The quantitative estimate of drug-likeness (QED) is 0.557. The highest BCUT2D eigenvalue weighted by Gasteiger charge is 3.08. The molecule has 0 amide bonds. The number of hydrogen-bond acceptors (Lipinski definition) is 2. The van der Waals surface area contributed by atoms with Crippen molar-refractivity contribution in [1.29, 1.82) is 0 Å². The number of carbonyl (C=O) groups excluding carboxylic acids is 1. The van der Waals surface area contributed by atoms with Crippen LogP contribution >= 0.6 is 0 Å². The number of rotatable bonds is 1. The maximum Gasteiger partial charge on any atom is 0.318 e. The number of methoxy groups -OCH3 is 1. The molecule has 3 nitrogen and oxygen atoms in total. The molecule has 0 heterocycles. The number of ether oxygens (including phenoxy) is 1. The molecule has 6 unspecified atom stereocenters. The van der Waals surface area contributed by atoms with Crippen molar-refractivity contribution < 1.29 is 15.3 Å². The fourth-order valence-electron chi connectivity index (χ4n) is 6.60. The van der Waals surface area contributed by atoms with Gasteiger partial charge in [0.15, 0.2) is 0 Å². The molecule has 0 spiro atoms. The molecule has 6 aliphatic carbocycles. The van der Waals surface area contributed by atoms with E-state index in [1.165, 1.54) is 13.5 Å². The van der Waals surface area contributed by atoms with Crippen LogP contribution in [0.3, 0.4) is 0 Å². The van der Waals surface area contributed by atoms with Crippen LogP contribution in [0.5, 0.6) is 0 Å². The number of carbonyl (C=O) groups is 1. The molecule has 0 aromatic heterocycles. The first-order valence-electron chi connectivity index (χ1n) is 5.64. The van der Waals surface area contributed by atoms with Gasteiger partial charge in [-0.1, -0.05) is 0 Å². The molecule has 0 saturated heterocycles. The van der Waals surface area contributed by atoms with Gasteiger partial charge in [0.2, 0.25) is 0 Å². The van der Waals surface area contributed by atoms with Crippen molar-refractivity contribution in [3.63, 3.8) is 0 Å². The van der Waals surface area contributed by atoms with E-state index in [-0.39, 0.29) is 16.9 Å². The lowest BCUT2D eigenvalue weighted by Crippen LogP contribution is -2.70. The van der Waals surface area contributed by atoms with E-state index in [1.807, 2.05) is 0 Å². The average Bonchev–Trinajstić information content (AvgIpc) is 2.89. The Morgan fingerprint density at radius 2 is 1.86 bits per heavy atom. The summed E-state index contributed by atoms with van der Waals surface area (Å²) in [4.78, 5) is 12.0. The van der Waals surface area contributed by atoms with Gasteiger partial charge >= 0.3 is 5.97 Å². The Balaban J connectivity index is 1.78. The second-order valence-electron chi connectivity index (χ2n) is 6.07. The summed E-state index contributed by atoms with van der Waals surface area (Å²) in [6, 6.07) is 0. The molecule has 6 rings (SSSR count). The first-order valence-corrected chi connectivity index (χ1v) is 5.64. The molecule has 0 aliphatic heterocycles. The molecule has 6 fully saturated rings. The Hall–Kier alpha value is -0.570. The van der Waals surface area contributed by atoms with E-state index < -0.39 is 0 Å². The lowest BCUT2D eigenvalue weighted by Gasteiger charge is -2.15. The zero-order valence-electron chi connectivity index (χ0n) is 8.19. The molecule has 0 radical (unpaired) electrons. The molecular weight excluding hydrogens is 178 g/mol. The Kier molecular flexibility index (Phi) is 0.668. The lowest BCUT2D eigenvalue weighted by atomic mass is 9.94. The second kappa shape index (κ2) is 1.37. The first kappa shape index (κ1) is 6.83. The maximum absolute atomic E-state index is 12.0. The minimum absolute atomic E-state index is 0.0692. The van der Waals surface area contributed by atoms with Crippen molar-refractivity contribution in [2.24, 2.45) is 40.9 Å². The van der Waals surface area contributed by atoms with E-state index in [0.29, 0.717) is 11.8 Å². The Labute approximate surface area is 82.0 Å². The van der Waals surface area contributed by atoms with Crippen LogP contribution in [0, 0.1) is 40.9 Å². The standard InChI is InChI=1S/C11H13NO2/c1-14-9(13)10-5-3-2-4(6(5)10)8-7(3)11(8,10)12/h3-8H,2,12H2,1H3/p+1. The molecule has 6 aliphatic rings. The van der Waals surface area contributed by atoms with Crippen LogP contribution in [0.4, 0.5) is 0 Å². The van der Waals surface area contributed by atoms with Gasteiger partial charge in [-0.15, -0.1) is 0 Å². The van der Waals surface area contributed by atoms with Gasteiger partial charge in [0.1, 0.15) is 11.0 Å². The summed E-state index contributed by atoms with van der Waals surface area (Å²) < 4.78 is 5.03. The Bertz CT molecular complexity index is 378. The highest BCUT2D eigenvalue weighted by molar-refractivity contribution is 5.88. The zero-order valence-corrected chi connectivity index (χ0v) is 8.19. The van der Waals surface area contributed by atoms with Crippen molar-refractivity contribution in [3.8, 4) is 0 Å². The molecule has 14 heavy (non-hydrogen) atoms. The molecule has 3 N–H and O–H groups in total. The number of hydrogen-bond donors (Lipinski definition) is 1. The predicted molar refractivity (Wildman–Crippen MR) is 45.6 cm³/mol. The van der Waals surface area contributed by atoms with Crippen molar-refractivity contribution >= 4 is 5.97 Å². The summed E-state index contributed by atoms with van der Waals surface area (Å²) in [7, 11) is 1.54. The van der Waals surface area contributed by atoms with Gasteiger partial charge < -0.3 is 10.5 Å². The molecule has 74 valence electrons. The Morgan fingerprint density at radius 3 is 2.21 bits per heavy atom. The van der Waals surface area contributed by atoms with Gasteiger partial charge in [-0.2, -0.15) is 0 Å². The largest absolute Gasteiger partial charge is 0.468 e. The average molecular weight is 192 g/mol. The minimum atomic E-state index is -0.0787. The monoisotopic (exact) mass is 192 g/mol. The van der Waals surface area contributed by atoms with Gasteiger partial charge in [0, 0.05) is 11.8 Å². The zero-order chi connectivity index (χ0) is 9.46. The van der Waals surface area contributed by atoms with Crippen LogP contribution in [0.15, 0.2) is 0 Å². The van der Waals surface area contributed by atoms with Crippen LogP contribution in [0.25, 0.3) is 0 Å². The van der Waals surface area contributed by atoms with Gasteiger partial charge in [0.05, 0.1) is 7.11 Å². The van der Waals surface area contributed by atoms with Crippen LogP contribution in [0.2, 0.25) is 0 Å². The molecule has 0 aromatic carbocycles. The SMILES string of the molecule is COC(=O)C12C3C4CC(C5C4C51[NH3+])C32. The van der Waals surface area contributed by atoms with Crippen LogP contribution in [0.1, 0.15) is 6.42 Å². The van der Waals surface area contributed by atoms with Crippen LogP contribution < -0.4 is 5.73 Å². The Morgan fingerprint density at radius 1 is 1.29 bits per heavy atom. The number of esters is 1. The van der Waals surface area contributed by atoms with Crippen molar-refractivity contribution in [2.45, 2.75) is 12.0 Å². The summed E-state index contributed by atoms with van der Waals surface area (Å²) in [6.45, 7) is 0. The van der Waals surface area contributed by atoms with E-state index in [2.05, 4.69) is 5.73 Å². The fourth-order valence-corrected chi connectivity index (χ4v) is 6.60. The number of quaternary nitrogens is 1. The topological polar surface area (TPSA) is 53.9 Å². The fraction of sp³-hybridized carbons (Fsp3) is 0.909. The van der Waals surface area contributed by atoms with E-state index >= 15 is 0 Å². The lowest BCUT2D eigenvalue weighted by molar-refractivity contribution is -0.458. The van der Waals surface area contributed by atoms with E-state index in [0.717, 1.165) is 23.7 Å². The smallest absolute Gasteiger partial charge is 0.318 e. The predicted octanol–water partition coefficient (Wildman–Crippen LogP) is -0.718. The molecular formula is C11H14NO2+. The summed E-state index contributed by atoms with van der Waals surface area (Å²) in [5, 5.41) is 0. The molecule has 6 saturated carbocycles. The molecule has 3 heteroatoms. The van der Waals surface area contributed by atoms with Crippen LogP contribution in [-0.2, 0) is 9.53 Å². The summed E-state index contributed by atoms with van der Waals surface area (Å²) >= 11 is 0. The molecule has 6 atom stereocenters. The van der Waals surface area contributed by atoms with Crippen molar-refractivity contribution in [3.05, 3.63) is 0 Å². The highest BCUT2D eigenvalue weighted by atomic mass is 16.5. The van der Waals surface area contributed by atoms with Crippen LogP contribution in [-0.4, -0.2) is 18.6 Å². The van der Waals surface area contributed by atoms with Gasteiger partial charge in [-0.25, -0.2) is 0 Å². The summed E-state index contributed by atoms with van der Waals surface area (Å²) in [5.41, 5.74) is 4.47. The van der Waals surface area contributed by atoms with E-state index in [9.17, 15) is 4.79 Å². The van der Waals surface area contributed by atoms with Gasteiger partial charge in [-0.3, -0.25) is 4.79 Å².